The minimum Gasteiger partial charge on any atom is -0.308 e. The van der Waals surface area contributed by atoms with Crippen LogP contribution in [-0.2, 0) is 19.3 Å². The molecule has 0 spiro atoms. The highest BCUT2D eigenvalue weighted by Crippen LogP contribution is 2.20. The van der Waals surface area contributed by atoms with E-state index >= 15 is 0 Å². The van der Waals surface area contributed by atoms with Crippen molar-refractivity contribution in [1.82, 2.24) is 0 Å². The van der Waals surface area contributed by atoms with Gasteiger partial charge in [0.15, 0.2) is 0 Å². The summed E-state index contributed by atoms with van der Waals surface area (Å²) >= 11 is 0. The van der Waals surface area contributed by atoms with E-state index < -0.39 is 0 Å². The zero-order valence-electron chi connectivity index (χ0n) is 35.3. The molecular formula is C51H72N4O2. The van der Waals surface area contributed by atoms with E-state index in [4.69, 9.17) is 0 Å². The van der Waals surface area contributed by atoms with Crippen molar-refractivity contribution in [3.05, 3.63) is 119 Å². The lowest BCUT2D eigenvalue weighted by molar-refractivity contribution is 0.261. The van der Waals surface area contributed by atoms with Crippen molar-refractivity contribution >= 4 is 34.8 Å². The Morgan fingerprint density at radius 3 is 0.807 bits per heavy atom. The van der Waals surface area contributed by atoms with Gasteiger partial charge < -0.3 is 21.3 Å². The fraction of sp³-hybridized carbons (Fsp3) is 0.490. The second-order valence-corrected chi connectivity index (χ2v) is 16.0. The first-order valence-corrected chi connectivity index (χ1v) is 22.5. The highest BCUT2D eigenvalue weighted by atomic mass is 16.2. The van der Waals surface area contributed by atoms with Crippen LogP contribution < -0.4 is 21.3 Å². The molecule has 4 amide bonds. The quantitative estimate of drug-likeness (QED) is 0.0434. The second kappa shape index (κ2) is 27.9. The number of benzene rings is 4. The maximum Gasteiger partial charge on any atom is 0.323 e. The van der Waals surface area contributed by atoms with Crippen LogP contribution in [0.15, 0.2) is 97.1 Å². The number of carbonyl (C=O) groups is 2. The van der Waals surface area contributed by atoms with Crippen molar-refractivity contribution in [2.45, 2.75) is 162 Å². The molecule has 4 N–H and O–H groups in total. The van der Waals surface area contributed by atoms with Crippen molar-refractivity contribution in [3.8, 4) is 0 Å². The predicted molar refractivity (Wildman–Crippen MR) is 245 cm³/mol. The average molecular weight is 773 g/mol. The Bertz CT molecular complexity index is 1520. The zero-order chi connectivity index (χ0) is 40.2. The van der Waals surface area contributed by atoms with Gasteiger partial charge in [-0.25, -0.2) is 9.59 Å². The minimum absolute atomic E-state index is 0.256. The topological polar surface area (TPSA) is 82.3 Å². The summed E-state index contributed by atoms with van der Waals surface area (Å²) < 4.78 is 0. The largest absolute Gasteiger partial charge is 0.323 e. The van der Waals surface area contributed by atoms with E-state index in [9.17, 15) is 9.59 Å². The Morgan fingerprint density at radius 1 is 0.316 bits per heavy atom. The fourth-order valence-corrected chi connectivity index (χ4v) is 7.38. The molecule has 6 heteroatoms. The van der Waals surface area contributed by atoms with Crippen molar-refractivity contribution in [2.24, 2.45) is 0 Å². The van der Waals surface area contributed by atoms with Crippen LogP contribution in [0.4, 0.5) is 32.3 Å². The summed E-state index contributed by atoms with van der Waals surface area (Å²) in [4.78, 5) is 25.4. The van der Waals surface area contributed by atoms with E-state index in [1.807, 2.05) is 72.8 Å². The van der Waals surface area contributed by atoms with Crippen LogP contribution in [0.1, 0.15) is 165 Å². The van der Waals surface area contributed by atoms with Crippen LogP contribution in [0.25, 0.3) is 0 Å². The number of nitrogens with one attached hydrogen (secondary N) is 4. The summed E-state index contributed by atoms with van der Waals surface area (Å²) in [7, 11) is 0. The Hall–Kier alpha value is -4.58. The van der Waals surface area contributed by atoms with E-state index in [1.54, 1.807) is 0 Å². The predicted octanol–water partition coefficient (Wildman–Crippen LogP) is 15.5. The van der Waals surface area contributed by atoms with Gasteiger partial charge in [-0.15, -0.1) is 0 Å². The van der Waals surface area contributed by atoms with Crippen LogP contribution in [0.3, 0.4) is 0 Å². The van der Waals surface area contributed by atoms with E-state index in [1.165, 1.54) is 140 Å². The van der Waals surface area contributed by atoms with Crippen molar-refractivity contribution in [3.63, 3.8) is 0 Å². The molecule has 6 nitrogen and oxygen atoms in total. The van der Waals surface area contributed by atoms with Gasteiger partial charge in [0.2, 0.25) is 0 Å². The highest BCUT2D eigenvalue weighted by Gasteiger charge is 2.07. The first-order chi connectivity index (χ1) is 28.0. The summed E-state index contributed by atoms with van der Waals surface area (Å²) in [5.74, 6) is 0. The Labute approximate surface area is 345 Å². The molecule has 4 rings (SSSR count). The van der Waals surface area contributed by atoms with Gasteiger partial charge in [0.25, 0.3) is 0 Å². The van der Waals surface area contributed by atoms with Gasteiger partial charge in [0.05, 0.1) is 0 Å². The summed E-state index contributed by atoms with van der Waals surface area (Å²) in [6.07, 6.45) is 29.8. The maximum absolute atomic E-state index is 12.7. The third kappa shape index (κ3) is 19.9. The number of hydrogen-bond donors (Lipinski definition) is 4. The highest BCUT2D eigenvalue weighted by molar-refractivity contribution is 6.00. The number of hydrogen-bond acceptors (Lipinski definition) is 2. The number of amides is 4. The van der Waals surface area contributed by atoms with Gasteiger partial charge in [-0.3, -0.25) is 0 Å². The van der Waals surface area contributed by atoms with Gasteiger partial charge in [-0.1, -0.05) is 178 Å². The Balaban J connectivity index is 1.07. The molecule has 0 saturated heterocycles. The van der Waals surface area contributed by atoms with Gasteiger partial charge in [-0.05, 0) is 103 Å². The normalized spacial score (nSPS) is 11.0. The second-order valence-electron chi connectivity index (χ2n) is 16.0. The smallest absolute Gasteiger partial charge is 0.308 e. The standard InChI is InChI=1S/C51H72N4O2/c1-3-5-7-9-11-13-15-17-19-21-23-42-25-33-46(34-26-42)52-50(56)54-48-37-29-44(30-38-48)41-45-31-39-49(40-32-45)55-51(57)53-47-35-27-43(28-36-47)24-22-20-18-16-14-12-10-8-6-4-2/h25-40H,3-24,41H2,1-2H3,(H2,52,54,56)(H2,53,55,57). The van der Waals surface area contributed by atoms with Crippen molar-refractivity contribution in [2.75, 3.05) is 21.3 Å². The third-order valence-corrected chi connectivity index (χ3v) is 10.9. The van der Waals surface area contributed by atoms with Gasteiger partial charge in [0, 0.05) is 22.7 Å². The number of aryl methyl sites for hydroxylation is 2. The molecule has 0 saturated carbocycles. The lowest BCUT2D eigenvalue weighted by Gasteiger charge is -2.10. The van der Waals surface area contributed by atoms with E-state index in [2.05, 4.69) is 59.4 Å². The molecule has 0 radical (unpaired) electrons. The van der Waals surface area contributed by atoms with Crippen LogP contribution >= 0.6 is 0 Å². The Morgan fingerprint density at radius 2 is 0.544 bits per heavy atom. The summed E-state index contributed by atoms with van der Waals surface area (Å²) in [5, 5.41) is 11.8. The lowest BCUT2D eigenvalue weighted by atomic mass is 10.0. The third-order valence-electron chi connectivity index (χ3n) is 10.9. The summed E-state index contributed by atoms with van der Waals surface area (Å²) in [6, 6.07) is 31.7. The monoisotopic (exact) mass is 773 g/mol. The molecule has 0 unspecified atom stereocenters. The molecule has 0 heterocycles. The summed E-state index contributed by atoms with van der Waals surface area (Å²) in [6.45, 7) is 4.54. The number of rotatable bonds is 28. The van der Waals surface area contributed by atoms with E-state index in [0.717, 1.165) is 53.1 Å². The van der Waals surface area contributed by atoms with Crippen LogP contribution in [0.2, 0.25) is 0 Å². The number of unbranched alkanes of at least 4 members (excludes halogenated alkanes) is 18. The maximum atomic E-state index is 12.7. The van der Waals surface area contributed by atoms with Crippen LogP contribution in [0, 0.1) is 0 Å². The van der Waals surface area contributed by atoms with Gasteiger partial charge in [-0.2, -0.15) is 0 Å². The summed E-state index contributed by atoms with van der Waals surface area (Å²) in [5.41, 5.74) is 7.95. The van der Waals surface area contributed by atoms with Crippen molar-refractivity contribution in [1.29, 1.82) is 0 Å². The molecule has 0 atom stereocenters. The van der Waals surface area contributed by atoms with Crippen LogP contribution in [0.5, 0.6) is 0 Å². The number of urea groups is 2. The first-order valence-electron chi connectivity index (χ1n) is 22.5. The van der Waals surface area contributed by atoms with E-state index in [-0.39, 0.29) is 12.1 Å². The fourth-order valence-electron chi connectivity index (χ4n) is 7.38. The number of anilines is 4. The minimum atomic E-state index is -0.256. The van der Waals surface area contributed by atoms with Crippen molar-refractivity contribution < 1.29 is 9.59 Å². The molecule has 0 aliphatic heterocycles. The first kappa shape index (κ1) is 45.1. The van der Waals surface area contributed by atoms with E-state index in [0.29, 0.717) is 0 Å². The number of carbonyl (C=O) groups excluding carboxylic acids is 2. The molecule has 57 heavy (non-hydrogen) atoms. The van der Waals surface area contributed by atoms with Gasteiger partial charge in [0.1, 0.15) is 0 Å². The average Bonchev–Trinajstić information content (AvgIpc) is 3.22. The molecule has 4 aromatic carbocycles. The van der Waals surface area contributed by atoms with Gasteiger partial charge >= 0.3 is 12.1 Å². The molecule has 0 aromatic heterocycles. The molecule has 4 aromatic rings. The van der Waals surface area contributed by atoms with Crippen LogP contribution in [-0.4, -0.2) is 12.1 Å². The zero-order valence-corrected chi connectivity index (χ0v) is 35.3. The SMILES string of the molecule is CCCCCCCCCCCCc1ccc(NC(=O)Nc2ccc(Cc3ccc(NC(=O)Nc4ccc(CCCCCCCCCCCC)cc4)cc3)cc2)cc1. The molecule has 0 fully saturated rings. The molecule has 0 aliphatic carbocycles. The Kier molecular flexibility index (Phi) is 22.1. The molecule has 0 bridgehead atoms. The lowest BCUT2D eigenvalue weighted by Crippen LogP contribution is -2.19. The molecular weight excluding hydrogens is 701 g/mol. The molecule has 308 valence electrons. The molecule has 0 aliphatic rings.